The summed E-state index contributed by atoms with van der Waals surface area (Å²) >= 11 is 6.00. The monoisotopic (exact) mass is 344 g/mol. The molecular weight excluding hydrogens is 328 g/mol. The van der Waals surface area contributed by atoms with Crippen molar-refractivity contribution in [1.29, 1.82) is 0 Å². The van der Waals surface area contributed by atoms with E-state index in [1.165, 1.54) is 0 Å². The molecule has 0 fully saturated rings. The molecule has 124 valence electrons. The van der Waals surface area contributed by atoms with Crippen LogP contribution < -0.4 is 5.32 Å². The molecule has 0 unspecified atom stereocenters. The molecule has 3 rings (SSSR count). The van der Waals surface area contributed by atoms with Crippen LogP contribution in [0.2, 0.25) is 5.02 Å². The van der Waals surface area contributed by atoms with E-state index < -0.39 is 0 Å². The molecule has 2 heterocycles. The van der Waals surface area contributed by atoms with Crippen molar-refractivity contribution in [2.45, 2.75) is 26.8 Å². The fraction of sp³-hybridized carbons (Fsp3) is 0.235. The highest BCUT2D eigenvalue weighted by molar-refractivity contribution is 6.30. The Kier molecular flexibility index (Phi) is 4.66. The van der Waals surface area contributed by atoms with Crippen molar-refractivity contribution in [1.82, 2.24) is 14.9 Å². The van der Waals surface area contributed by atoms with Crippen LogP contribution in [0, 0.1) is 13.8 Å². The number of rotatable bonds is 5. The van der Waals surface area contributed by atoms with Gasteiger partial charge in [-0.15, -0.1) is 0 Å². The Bertz CT molecular complexity index is 850. The molecule has 0 aliphatic carbocycles. The Morgan fingerprint density at radius 2 is 2.17 bits per heavy atom. The van der Waals surface area contributed by atoms with E-state index in [4.69, 9.17) is 16.1 Å². The van der Waals surface area contributed by atoms with E-state index in [1.54, 1.807) is 23.9 Å². The van der Waals surface area contributed by atoms with Crippen LogP contribution in [-0.4, -0.2) is 20.8 Å². The zero-order valence-corrected chi connectivity index (χ0v) is 14.2. The molecule has 0 bridgehead atoms. The smallest absolute Gasteiger partial charge is 0.230 e. The van der Waals surface area contributed by atoms with Gasteiger partial charge in [0.25, 0.3) is 0 Å². The molecule has 0 saturated carbocycles. The Morgan fingerprint density at radius 1 is 1.33 bits per heavy atom. The third-order valence-corrected chi connectivity index (χ3v) is 3.96. The molecule has 0 spiro atoms. The molecule has 0 aliphatic heterocycles. The van der Waals surface area contributed by atoms with Gasteiger partial charge in [-0.2, -0.15) is 5.10 Å². The number of anilines is 1. The second-order valence-electron chi connectivity index (χ2n) is 5.53. The maximum atomic E-state index is 12.3. The number of halogens is 1. The summed E-state index contributed by atoms with van der Waals surface area (Å²) in [7, 11) is 0. The van der Waals surface area contributed by atoms with E-state index in [2.05, 4.69) is 15.6 Å². The number of nitrogens with one attached hydrogen (secondary N) is 1. The lowest BCUT2D eigenvalue weighted by Crippen LogP contribution is -2.18. The highest BCUT2D eigenvalue weighted by Gasteiger charge is 2.15. The van der Waals surface area contributed by atoms with Crippen molar-refractivity contribution < 1.29 is 9.32 Å². The van der Waals surface area contributed by atoms with Gasteiger partial charge in [-0.25, -0.2) is 4.68 Å². The summed E-state index contributed by atoms with van der Waals surface area (Å²) in [5.74, 6) is 1.15. The molecule has 0 aliphatic rings. The third-order valence-electron chi connectivity index (χ3n) is 3.72. The third kappa shape index (κ3) is 3.65. The fourth-order valence-corrected chi connectivity index (χ4v) is 2.69. The standard InChI is InChI=1S/C17H17ClN4O2/c1-11-15(12(2)24-21-11)9-17(23)20-16-6-7-19-22(16)10-13-4-3-5-14(18)8-13/h3-8H,9-10H2,1-2H3,(H,20,23). The first-order valence-corrected chi connectivity index (χ1v) is 7.88. The van der Waals surface area contributed by atoms with Crippen LogP contribution in [0.1, 0.15) is 22.6 Å². The zero-order valence-electron chi connectivity index (χ0n) is 13.4. The van der Waals surface area contributed by atoms with Crippen molar-refractivity contribution >= 4 is 23.3 Å². The van der Waals surface area contributed by atoms with Gasteiger partial charge in [-0.05, 0) is 31.5 Å². The second kappa shape index (κ2) is 6.88. The Hall–Kier alpha value is -2.60. The fourth-order valence-electron chi connectivity index (χ4n) is 2.47. The van der Waals surface area contributed by atoms with E-state index >= 15 is 0 Å². The lowest BCUT2D eigenvalue weighted by atomic mass is 10.1. The summed E-state index contributed by atoms with van der Waals surface area (Å²) in [6.45, 7) is 4.14. The summed E-state index contributed by atoms with van der Waals surface area (Å²) in [4.78, 5) is 12.3. The predicted molar refractivity (Wildman–Crippen MR) is 91.1 cm³/mol. The molecule has 3 aromatic rings. The van der Waals surface area contributed by atoms with Crippen LogP contribution in [0.5, 0.6) is 0 Å². The second-order valence-corrected chi connectivity index (χ2v) is 5.97. The van der Waals surface area contributed by atoms with Gasteiger partial charge in [-0.1, -0.05) is 28.9 Å². The minimum Gasteiger partial charge on any atom is -0.361 e. The number of aromatic nitrogens is 3. The minimum absolute atomic E-state index is 0.141. The molecule has 0 atom stereocenters. The minimum atomic E-state index is -0.141. The van der Waals surface area contributed by atoms with Gasteiger partial charge in [0, 0.05) is 16.7 Å². The largest absolute Gasteiger partial charge is 0.361 e. The number of amides is 1. The number of hydrogen-bond donors (Lipinski definition) is 1. The maximum absolute atomic E-state index is 12.3. The summed E-state index contributed by atoms with van der Waals surface area (Å²) in [6, 6.07) is 9.30. The van der Waals surface area contributed by atoms with Crippen molar-refractivity contribution in [2.75, 3.05) is 5.32 Å². The quantitative estimate of drug-likeness (QED) is 0.770. The summed E-state index contributed by atoms with van der Waals surface area (Å²) in [6.07, 6.45) is 1.86. The number of hydrogen-bond acceptors (Lipinski definition) is 4. The van der Waals surface area contributed by atoms with E-state index in [-0.39, 0.29) is 12.3 Å². The van der Waals surface area contributed by atoms with Gasteiger partial charge in [0.1, 0.15) is 11.6 Å². The van der Waals surface area contributed by atoms with Gasteiger partial charge in [-0.3, -0.25) is 4.79 Å². The van der Waals surface area contributed by atoms with Crippen molar-refractivity contribution in [2.24, 2.45) is 0 Å². The lowest BCUT2D eigenvalue weighted by molar-refractivity contribution is -0.115. The molecule has 1 amide bonds. The topological polar surface area (TPSA) is 73.0 Å². The van der Waals surface area contributed by atoms with Crippen LogP contribution in [0.25, 0.3) is 0 Å². The number of aryl methyl sites for hydroxylation is 2. The van der Waals surface area contributed by atoms with Crippen LogP contribution in [0.3, 0.4) is 0 Å². The van der Waals surface area contributed by atoms with E-state index in [0.29, 0.717) is 23.1 Å². The van der Waals surface area contributed by atoms with E-state index in [0.717, 1.165) is 16.8 Å². The summed E-state index contributed by atoms with van der Waals surface area (Å²) < 4.78 is 6.80. The Morgan fingerprint density at radius 3 is 2.88 bits per heavy atom. The highest BCUT2D eigenvalue weighted by Crippen LogP contribution is 2.16. The first-order chi connectivity index (χ1) is 11.5. The SMILES string of the molecule is Cc1noc(C)c1CC(=O)Nc1ccnn1Cc1cccc(Cl)c1. The maximum Gasteiger partial charge on any atom is 0.230 e. The highest BCUT2D eigenvalue weighted by atomic mass is 35.5. The summed E-state index contributed by atoms with van der Waals surface area (Å²) in [5, 5.41) is 11.7. The van der Waals surface area contributed by atoms with Gasteiger partial charge < -0.3 is 9.84 Å². The molecule has 1 aromatic carbocycles. The van der Waals surface area contributed by atoms with E-state index in [1.807, 2.05) is 31.2 Å². The van der Waals surface area contributed by atoms with E-state index in [9.17, 15) is 4.79 Å². The molecular formula is C17H17ClN4O2. The van der Waals surface area contributed by atoms with Gasteiger partial charge in [0.15, 0.2) is 0 Å². The van der Waals surface area contributed by atoms with Gasteiger partial charge in [0.05, 0.1) is 24.9 Å². The molecule has 6 nitrogen and oxygen atoms in total. The van der Waals surface area contributed by atoms with Crippen molar-refractivity contribution in [3.8, 4) is 0 Å². The summed E-state index contributed by atoms with van der Waals surface area (Å²) in [5.41, 5.74) is 2.55. The van der Waals surface area contributed by atoms with Crippen LogP contribution in [0.15, 0.2) is 41.1 Å². The van der Waals surface area contributed by atoms with Crippen LogP contribution in [-0.2, 0) is 17.8 Å². The molecule has 2 aromatic heterocycles. The Balaban J connectivity index is 1.70. The molecule has 7 heteroatoms. The lowest BCUT2D eigenvalue weighted by Gasteiger charge is -2.09. The molecule has 0 radical (unpaired) electrons. The molecule has 1 N–H and O–H groups in total. The van der Waals surface area contributed by atoms with Crippen LogP contribution >= 0.6 is 11.6 Å². The number of nitrogens with zero attached hydrogens (tertiary/aromatic N) is 3. The zero-order chi connectivity index (χ0) is 17.1. The predicted octanol–water partition coefficient (Wildman–Crippen LogP) is 3.37. The van der Waals surface area contributed by atoms with Gasteiger partial charge in [0.2, 0.25) is 5.91 Å². The average molecular weight is 345 g/mol. The van der Waals surface area contributed by atoms with Gasteiger partial charge >= 0.3 is 0 Å². The normalized spacial score (nSPS) is 10.8. The first kappa shape index (κ1) is 16.3. The number of carbonyl (C=O) groups is 1. The van der Waals surface area contributed by atoms with Crippen molar-refractivity contribution in [3.63, 3.8) is 0 Å². The van der Waals surface area contributed by atoms with Crippen LogP contribution in [0.4, 0.5) is 5.82 Å². The number of benzene rings is 1. The average Bonchev–Trinajstić information content (AvgIpc) is 3.09. The van der Waals surface area contributed by atoms with Crippen molar-refractivity contribution in [3.05, 3.63) is 64.1 Å². The molecule has 24 heavy (non-hydrogen) atoms. The Labute approximate surface area is 144 Å². The number of carbonyl (C=O) groups excluding carboxylic acids is 1. The molecule has 0 saturated heterocycles. The first-order valence-electron chi connectivity index (χ1n) is 7.51.